The number of H-pyrrole nitrogens is 1. The van der Waals surface area contributed by atoms with Crippen molar-refractivity contribution in [3.8, 4) is 11.1 Å². The van der Waals surface area contributed by atoms with Gasteiger partial charge in [0, 0.05) is 17.7 Å². The first kappa shape index (κ1) is 35.1. The highest BCUT2D eigenvalue weighted by atomic mass is 32.2. The SMILES string of the molecule is O=C(NC1CC(=O)N(Cc2ccccc2-c2ccc(C3OC(CSc4ncn[nH]4)CC(c4ccc(CO)cc4)O3)cc2)C1=O)OCc1ccccc1. The second-order valence-corrected chi connectivity index (χ2v) is 13.5. The molecule has 0 saturated carbocycles. The fourth-order valence-corrected chi connectivity index (χ4v) is 7.05. The number of nitrogens with zero attached hydrogens (tertiary/aromatic N) is 3. The molecular weight excluding hydrogens is 683 g/mol. The fraction of sp³-hybridized carbons (Fsp3) is 0.256. The van der Waals surface area contributed by atoms with E-state index in [1.165, 1.54) is 23.0 Å². The summed E-state index contributed by atoms with van der Waals surface area (Å²) in [6.07, 6.45) is 0.216. The van der Waals surface area contributed by atoms with Gasteiger partial charge in [-0.3, -0.25) is 19.6 Å². The Kier molecular flexibility index (Phi) is 11.0. The normalized spacial score (nSPS) is 20.2. The molecule has 0 radical (unpaired) electrons. The molecule has 52 heavy (non-hydrogen) atoms. The quantitative estimate of drug-likeness (QED) is 0.106. The second-order valence-electron chi connectivity index (χ2n) is 12.5. The number of aliphatic hydroxyl groups is 1. The second kappa shape index (κ2) is 16.3. The molecule has 5 aromatic rings. The van der Waals surface area contributed by atoms with Gasteiger partial charge in [0.05, 0.1) is 31.8 Å². The van der Waals surface area contributed by atoms with Gasteiger partial charge in [-0.25, -0.2) is 9.78 Å². The molecule has 1 aromatic heterocycles. The van der Waals surface area contributed by atoms with Crippen molar-refractivity contribution in [2.45, 2.75) is 62.3 Å². The van der Waals surface area contributed by atoms with Crippen LogP contribution in [0.15, 0.2) is 115 Å². The molecule has 2 fully saturated rings. The molecule has 3 heterocycles. The van der Waals surface area contributed by atoms with Gasteiger partial charge in [0.1, 0.15) is 19.0 Å². The van der Waals surface area contributed by atoms with Gasteiger partial charge in [-0.1, -0.05) is 115 Å². The molecule has 4 unspecified atom stereocenters. The molecule has 13 heteroatoms. The Balaban J connectivity index is 1.03. The number of amides is 3. The standard InChI is InChI=1S/C39H37N5O7S/c45-21-25-10-12-28(13-11-25)34-18-31(23-52-38-40-24-41-43-38)50-37(51-34)29-16-14-27(15-17-29)32-9-5-4-8-30(32)20-44-35(46)19-33(36(44)47)42-39(48)49-22-26-6-2-1-3-7-26/h1-17,24,31,33-34,37,45H,18-23H2,(H,42,48)(H,40,41,43). The number of thioether (sulfide) groups is 1. The average molecular weight is 720 g/mol. The summed E-state index contributed by atoms with van der Waals surface area (Å²) in [5, 5.41) is 19.6. The number of rotatable bonds is 12. The third kappa shape index (κ3) is 8.40. The van der Waals surface area contributed by atoms with Crippen molar-refractivity contribution in [3.05, 3.63) is 137 Å². The van der Waals surface area contributed by atoms with E-state index in [1.54, 1.807) is 0 Å². The molecule has 3 amide bonds. The molecular formula is C39H37N5O7S. The lowest BCUT2D eigenvalue weighted by molar-refractivity contribution is -0.245. The van der Waals surface area contributed by atoms with Crippen molar-refractivity contribution in [3.63, 3.8) is 0 Å². The van der Waals surface area contributed by atoms with Crippen LogP contribution < -0.4 is 5.32 Å². The van der Waals surface area contributed by atoms with Gasteiger partial charge in [-0.15, -0.1) is 0 Å². The van der Waals surface area contributed by atoms with Crippen molar-refractivity contribution in [2.24, 2.45) is 0 Å². The van der Waals surface area contributed by atoms with Crippen LogP contribution in [-0.4, -0.2) is 61.0 Å². The van der Waals surface area contributed by atoms with Gasteiger partial charge in [-0.2, -0.15) is 5.10 Å². The lowest BCUT2D eigenvalue weighted by atomic mass is 9.97. The van der Waals surface area contributed by atoms with Crippen LogP contribution in [0.4, 0.5) is 4.79 Å². The van der Waals surface area contributed by atoms with Gasteiger partial charge in [-0.05, 0) is 33.4 Å². The van der Waals surface area contributed by atoms with Crippen molar-refractivity contribution in [1.82, 2.24) is 25.4 Å². The minimum Gasteiger partial charge on any atom is -0.445 e. The number of nitrogens with one attached hydrogen (secondary N) is 2. The third-order valence-corrected chi connectivity index (χ3v) is 10.0. The number of carbonyl (C=O) groups excluding carboxylic acids is 3. The highest BCUT2D eigenvalue weighted by Gasteiger charge is 2.40. The zero-order valence-electron chi connectivity index (χ0n) is 28.1. The number of aromatic nitrogens is 3. The van der Waals surface area contributed by atoms with Crippen LogP contribution in [0.1, 0.15) is 53.1 Å². The lowest BCUT2D eigenvalue weighted by Gasteiger charge is -2.36. The van der Waals surface area contributed by atoms with Crippen molar-refractivity contribution in [2.75, 3.05) is 5.75 Å². The maximum atomic E-state index is 13.3. The van der Waals surface area contributed by atoms with Crippen LogP contribution in [-0.2, 0) is 43.6 Å². The molecule has 4 aromatic carbocycles. The number of alkyl carbamates (subject to hydrolysis) is 1. The lowest BCUT2D eigenvalue weighted by Crippen LogP contribution is -2.41. The number of hydrogen-bond acceptors (Lipinski definition) is 10. The minimum absolute atomic E-state index is 0.0299. The number of aliphatic hydroxyl groups excluding tert-OH is 1. The zero-order valence-corrected chi connectivity index (χ0v) is 28.9. The van der Waals surface area contributed by atoms with E-state index < -0.39 is 24.3 Å². The highest BCUT2D eigenvalue weighted by molar-refractivity contribution is 7.99. The molecule has 3 N–H and O–H groups in total. The zero-order chi connectivity index (χ0) is 35.9. The van der Waals surface area contributed by atoms with Gasteiger partial charge in [0.2, 0.25) is 5.91 Å². The van der Waals surface area contributed by atoms with Crippen LogP contribution >= 0.6 is 11.8 Å². The first-order valence-electron chi connectivity index (χ1n) is 16.9. The number of imide groups is 1. The van der Waals surface area contributed by atoms with Crippen molar-refractivity contribution < 1.29 is 33.7 Å². The minimum atomic E-state index is -0.993. The van der Waals surface area contributed by atoms with E-state index in [1.807, 2.05) is 103 Å². The fourth-order valence-electron chi connectivity index (χ4n) is 6.26. The number of hydrogen-bond donors (Lipinski definition) is 3. The maximum absolute atomic E-state index is 13.3. The molecule has 2 saturated heterocycles. The third-order valence-electron chi connectivity index (χ3n) is 9.00. The van der Waals surface area contributed by atoms with Crippen LogP contribution in [0.5, 0.6) is 0 Å². The Hall–Kier alpha value is -5.34. The molecule has 0 bridgehead atoms. The Morgan fingerprint density at radius 2 is 1.67 bits per heavy atom. The molecule has 0 spiro atoms. The monoisotopic (exact) mass is 719 g/mol. The van der Waals surface area contributed by atoms with Crippen LogP contribution in [0.2, 0.25) is 0 Å². The molecule has 2 aliphatic rings. The number of aromatic amines is 1. The van der Waals surface area contributed by atoms with Crippen molar-refractivity contribution in [1.29, 1.82) is 0 Å². The van der Waals surface area contributed by atoms with Crippen LogP contribution in [0.3, 0.4) is 0 Å². The van der Waals surface area contributed by atoms with E-state index in [4.69, 9.17) is 14.2 Å². The van der Waals surface area contributed by atoms with Crippen LogP contribution in [0.25, 0.3) is 11.1 Å². The number of carbonyl (C=O) groups is 3. The van der Waals surface area contributed by atoms with Crippen molar-refractivity contribution >= 4 is 29.7 Å². The Morgan fingerprint density at radius 1 is 0.923 bits per heavy atom. The predicted octanol–water partition coefficient (Wildman–Crippen LogP) is 5.86. The van der Waals surface area contributed by atoms with E-state index in [2.05, 4.69) is 20.5 Å². The summed E-state index contributed by atoms with van der Waals surface area (Å²) in [5.41, 5.74) is 6.01. The Labute approximate surface area is 304 Å². The predicted molar refractivity (Wildman–Crippen MR) is 191 cm³/mol. The summed E-state index contributed by atoms with van der Waals surface area (Å²) in [4.78, 5) is 44.1. The van der Waals surface area contributed by atoms with Gasteiger partial charge in [0.15, 0.2) is 11.4 Å². The number of benzene rings is 4. The van der Waals surface area contributed by atoms with E-state index in [9.17, 15) is 19.5 Å². The molecule has 266 valence electrons. The van der Waals surface area contributed by atoms with E-state index in [0.717, 1.165) is 38.9 Å². The number of ether oxygens (including phenoxy) is 3. The molecule has 4 atom stereocenters. The van der Waals surface area contributed by atoms with E-state index in [-0.39, 0.29) is 44.3 Å². The van der Waals surface area contributed by atoms with Crippen LogP contribution in [0, 0.1) is 0 Å². The smallest absolute Gasteiger partial charge is 0.408 e. The average Bonchev–Trinajstić information content (AvgIpc) is 3.81. The summed E-state index contributed by atoms with van der Waals surface area (Å²) < 4.78 is 18.2. The maximum Gasteiger partial charge on any atom is 0.408 e. The van der Waals surface area contributed by atoms with Gasteiger partial charge < -0.3 is 24.6 Å². The van der Waals surface area contributed by atoms with Gasteiger partial charge >= 0.3 is 6.09 Å². The molecule has 7 rings (SSSR count). The number of likely N-dealkylation sites (tertiary alicyclic amines) is 1. The summed E-state index contributed by atoms with van der Waals surface area (Å²) >= 11 is 1.53. The van der Waals surface area contributed by atoms with E-state index >= 15 is 0 Å². The van der Waals surface area contributed by atoms with Gasteiger partial charge in [0.25, 0.3) is 5.91 Å². The first-order valence-corrected chi connectivity index (χ1v) is 17.9. The first-order chi connectivity index (χ1) is 25.4. The Morgan fingerprint density at radius 3 is 2.42 bits per heavy atom. The molecule has 0 aliphatic carbocycles. The summed E-state index contributed by atoms with van der Waals surface area (Å²) in [7, 11) is 0. The summed E-state index contributed by atoms with van der Waals surface area (Å²) in [6.45, 7) is 0.0837. The largest absolute Gasteiger partial charge is 0.445 e. The molecule has 2 aliphatic heterocycles. The Bertz CT molecular complexity index is 1980. The molecule has 12 nitrogen and oxygen atoms in total. The topological polar surface area (TPSA) is 156 Å². The van der Waals surface area contributed by atoms with E-state index in [0.29, 0.717) is 17.3 Å². The highest BCUT2D eigenvalue weighted by Crippen LogP contribution is 2.40. The summed E-state index contributed by atoms with van der Waals surface area (Å²) in [5.74, 6) is -0.202. The summed E-state index contributed by atoms with van der Waals surface area (Å²) in [6, 6.07) is 31.4.